The Bertz CT molecular complexity index is 1640. The Kier molecular flexibility index (Phi) is 10.3. The lowest BCUT2D eigenvalue weighted by atomic mass is 9.95. The maximum atomic E-state index is 13.7. The monoisotopic (exact) mass is 633 g/mol. The number of unbranched alkanes of at least 4 members (excludes halogenated alkanes) is 2. The van der Waals surface area contributed by atoms with Crippen LogP contribution in [0.4, 0.5) is 9.52 Å². The molecule has 4 aromatic rings. The summed E-state index contributed by atoms with van der Waals surface area (Å²) in [6, 6.07) is 19.1. The van der Waals surface area contributed by atoms with Crippen LogP contribution in [0.1, 0.15) is 55.8 Å². The molecular formula is C33H32FN3O5S2. The molecule has 1 atom stereocenters. The van der Waals surface area contributed by atoms with Crippen molar-refractivity contribution in [1.29, 1.82) is 0 Å². The molecule has 1 aliphatic heterocycles. The fourth-order valence-corrected chi connectivity index (χ4v) is 6.63. The number of benzene rings is 3. The lowest BCUT2D eigenvalue weighted by Gasteiger charge is -2.23. The van der Waals surface area contributed by atoms with Gasteiger partial charge in [0.05, 0.1) is 24.8 Å². The van der Waals surface area contributed by atoms with Crippen molar-refractivity contribution in [3.63, 3.8) is 0 Å². The highest BCUT2D eigenvalue weighted by Gasteiger charge is 2.48. The lowest BCUT2D eigenvalue weighted by molar-refractivity contribution is -0.132. The van der Waals surface area contributed by atoms with Crippen LogP contribution in [0.2, 0.25) is 0 Å². The molecule has 1 unspecified atom stereocenters. The zero-order valence-corrected chi connectivity index (χ0v) is 26.0. The number of hydrogen-bond acceptors (Lipinski definition) is 9. The van der Waals surface area contributed by atoms with Crippen molar-refractivity contribution in [2.75, 3.05) is 18.1 Å². The number of carbonyl (C=O) groups is 2. The zero-order valence-electron chi connectivity index (χ0n) is 24.4. The molecule has 0 spiro atoms. The van der Waals surface area contributed by atoms with Crippen LogP contribution in [-0.4, -0.2) is 40.2 Å². The fourth-order valence-electron chi connectivity index (χ4n) is 4.80. The van der Waals surface area contributed by atoms with E-state index < -0.39 is 29.3 Å². The highest BCUT2D eigenvalue weighted by molar-refractivity contribution is 8.00. The van der Waals surface area contributed by atoms with Crippen molar-refractivity contribution in [3.8, 4) is 11.5 Å². The van der Waals surface area contributed by atoms with E-state index in [4.69, 9.17) is 9.47 Å². The van der Waals surface area contributed by atoms with Crippen LogP contribution in [0.15, 0.2) is 82.7 Å². The zero-order chi connectivity index (χ0) is 31.1. The minimum Gasteiger partial charge on any atom is -0.507 e. The highest BCUT2D eigenvalue weighted by Crippen LogP contribution is 2.45. The molecule has 1 saturated heterocycles. The largest absolute Gasteiger partial charge is 0.507 e. The molecule has 1 amide bonds. The van der Waals surface area contributed by atoms with Gasteiger partial charge in [-0.15, -0.1) is 10.2 Å². The molecule has 5 rings (SSSR count). The second-order valence-electron chi connectivity index (χ2n) is 10.00. The number of amides is 1. The van der Waals surface area contributed by atoms with Gasteiger partial charge in [-0.2, -0.15) is 0 Å². The van der Waals surface area contributed by atoms with Crippen LogP contribution in [0, 0.1) is 5.82 Å². The molecule has 1 N–H and O–H groups in total. The van der Waals surface area contributed by atoms with Crippen LogP contribution in [0.25, 0.3) is 5.76 Å². The number of rotatable bonds is 13. The number of ketones is 1. The predicted molar refractivity (Wildman–Crippen MR) is 170 cm³/mol. The number of aliphatic hydroxyl groups excluding tert-OH is 1. The van der Waals surface area contributed by atoms with E-state index in [0.29, 0.717) is 40.4 Å². The fraction of sp³-hybridized carbons (Fsp3) is 0.273. The van der Waals surface area contributed by atoms with Crippen molar-refractivity contribution in [2.45, 2.75) is 49.2 Å². The van der Waals surface area contributed by atoms with Gasteiger partial charge in [-0.25, -0.2) is 4.39 Å². The van der Waals surface area contributed by atoms with Gasteiger partial charge in [-0.05, 0) is 60.9 Å². The van der Waals surface area contributed by atoms with Gasteiger partial charge in [0.25, 0.3) is 5.78 Å². The van der Waals surface area contributed by atoms with Gasteiger partial charge < -0.3 is 14.6 Å². The maximum Gasteiger partial charge on any atom is 0.301 e. The summed E-state index contributed by atoms with van der Waals surface area (Å²) in [6.45, 7) is 4.85. The van der Waals surface area contributed by atoms with Gasteiger partial charge in [0.2, 0.25) is 5.13 Å². The first kappa shape index (κ1) is 31.2. The molecule has 0 bridgehead atoms. The molecule has 1 fully saturated rings. The summed E-state index contributed by atoms with van der Waals surface area (Å²) < 4.78 is 26.2. The van der Waals surface area contributed by atoms with Gasteiger partial charge >= 0.3 is 5.91 Å². The van der Waals surface area contributed by atoms with Crippen LogP contribution in [-0.2, 0) is 15.3 Å². The van der Waals surface area contributed by atoms with Crippen LogP contribution < -0.4 is 14.4 Å². The van der Waals surface area contributed by atoms with E-state index in [2.05, 4.69) is 17.1 Å². The van der Waals surface area contributed by atoms with Gasteiger partial charge in [0.1, 0.15) is 11.6 Å². The summed E-state index contributed by atoms with van der Waals surface area (Å²) in [4.78, 5) is 28.4. The maximum absolute atomic E-state index is 13.7. The molecule has 1 aliphatic rings. The third kappa shape index (κ3) is 6.95. The Morgan fingerprint density at radius 2 is 1.75 bits per heavy atom. The summed E-state index contributed by atoms with van der Waals surface area (Å²) in [5.74, 6) is -1.01. The minimum atomic E-state index is -1.05. The quantitative estimate of drug-likeness (QED) is 0.0402. The molecular weight excluding hydrogens is 602 g/mol. The Hall–Kier alpha value is -4.22. The minimum absolute atomic E-state index is 0.144. The first-order chi connectivity index (χ1) is 21.4. The number of aromatic nitrogens is 2. The molecule has 1 aromatic heterocycles. The molecule has 0 radical (unpaired) electrons. The number of carbonyl (C=O) groups excluding carboxylic acids is 2. The Balaban J connectivity index is 1.55. The number of thioether (sulfide) groups is 1. The van der Waals surface area contributed by atoms with E-state index in [1.807, 2.05) is 37.3 Å². The van der Waals surface area contributed by atoms with Gasteiger partial charge in [0, 0.05) is 11.3 Å². The Morgan fingerprint density at radius 1 is 0.977 bits per heavy atom. The molecule has 0 aliphatic carbocycles. The number of ether oxygens (including phenoxy) is 2. The first-order valence-electron chi connectivity index (χ1n) is 14.4. The number of halogens is 1. The van der Waals surface area contributed by atoms with Crippen molar-refractivity contribution in [1.82, 2.24) is 10.2 Å². The van der Waals surface area contributed by atoms with Crippen LogP contribution in [0.3, 0.4) is 0 Å². The normalized spacial score (nSPS) is 16.0. The van der Waals surface area contributed by atoms with E-state index in [1.54, 1.807) is 18.2 Å². The second kappa shape index (κ2) is 14.5. The number of hydrogen-bond donors (Lipinski definition) is 1. The topological polar surface area (TPSA) is 102 Å². The Labute approximate surface area is 263 Å². The van der Waals surface area contributed by atoms with Crippen molar-refractivity contribution in [2.24, 2.45) is 0 Å². The second-order valence-corrected chi connectivity index (χ2v) is 12.2. The Morgan fingerprint density at radius 3 is 2.48 bits per heavy atom. The SMILES string of the molecule is CCCCCOc1ccc(C2C(=C(O)c3ccc(F)cc3)C(=O)C(=O)N2c2nnc(SCc3ccccc3)s2)cc1OCC. The number of anilines is 1. The summed E-state index contributed by atoms with van der Waals surface area (Å²) in [5.41, 5.74) is 1.67. The van der Waals surface area contributed by atoms with Gasteiger partial charge in [0.15, 0.2) is 15.8 Å². The lowest BCUT2D eigenvalue weighted by Crippen LogP contribution is -2.29. The van der Waals surface area contributed by atoms with Crippen LogP contribution in [0.5, 0.6) is 11.5 Å². The van der Waals surface area contributed by atoms with E-state index in [1.165, 1.54) is 52.3 Å². The van der Waals surface area contributed by atoms with E-state index in [0.717, 1.165) is 24.8 Å². The average molecular weight is 634 g/mol. The highest BCUT2D eigenvalue weighted by atomic mass is 32.2. The molecule has 2 heterocycles. The van der Waals surface area contributed by atoms with Crippen molar-refractivity contribution in [3.05, 3.63) is 101 Å². The summed E-state index contributed by atoms with van der Waals surface area (Å²) in [7, 11) is 0. The standard InChI is InChI=1S/C33H32FN3O5S2/c1-3-5-9-18-42-25-17-14-23(19-26(25)41-4-2)28-27(29(38)22-12-15-24(34)16-13-22)30(39)31(40)37(28)32-35-36-33(44-32)43-20-21-10-7-6-8-11-21/h6-8,10-17,19,28,38H,3-5,9,18,20H2,1-2H3. The third-order valence-corrected chi connectivity index (χ3v) is 9.08. The van der Waals surface area contributed by atoms with Crippen molar-refractivity contribution >= 4 is 45.7 Å². The van der Waals surface area contributed by atoms with Gasteiger partial charge in [-0.1, -0.05) is 79.3 Å². The number of Topliss-reactive ketones (excluding diaryl/α,β-unsaturated/α-hetero) is 1. The number of nitrogens with zero attached hydrogens (tertiary/aromatic N) is 3. The van der Waals surface area contributed by atoms with E-state index >= 15 is 0 Å². The first-order valence-corrected chi connectivity index (χ1v) is 16.2. The van der Waals surface area contributed by atoms with Crippen molar-refractivity contribution < 1.29 is 28.6 Å². The number of aliphatic hydroxyl groups is 1. The smallest absolute Gasteiger partial charge is 0.301 e. The summed E-state index contributed by atoms with van der Waals surface area (Å²) in [6.07, 6.45) is 2.99. The molecule has 11 heteroatoms. The average Bonchev–Trinajstić information content (AvgIpc) is 3.61. The third-order valence-electron chi connectivity index (χ3n) is 6.96. The van der Waals surface area contributed by atoms with E-state index in [-0.39, 0.29) is 16.3 Å². The molecule has 8 nitrogen and oxygen atoms in total. The molecule has 3 aromatic carbocycles. The summed E-state index contributed by atoms with van der Waals surface area (Å²) >= 11 is 2.65. The summed E-state index contributed by atoms with van der Waals surface area (Å²) in [5, 5.41) is 20.1. The molecule has 0 saturated carbocycles. The predicted octanol–water partition coefficient (Wildman–Crippen LogP) is 7.56. The van der Waals surface area contributed by atoms with Gasteiger partial charge in [-0.3, -0.25) is 14.5 Å². The molecule has 228 valence electrons. The van der Waals surface area contributed by atoms with E-state index in [9.17, 15) is 19.1 Å². The van der Waals surface area contributed by atoms with Crippen LogP contribution >= 0.6 is 23.1 Å². The molecule has 44 heavy (non-hydrogen) atoms.